The van der Waals surface area contributed by atoms with E-state index in [-0.39, 0.29) is 0 Å². The Morgan fingerprint density at radius 2 is 1.86 bits per heavy atom. The van der Waals surface area contributed by atoms with Crippen molar-refractivity contribution in [1.82, 2.24) is 0 Å². The van der Waals surface area contributed by atoms with Crippen molar-refractivity contribution in [3.8, 4) is 0 Å². The summed E-state index contributed by atoms with van der Waals surface area (Å²) in [6.45, 7) is 0. The third kappa shape index (κ3) is 5.63. The van der Waals surface area contributed by atoms with Gasteiger partial charge in [-0.2, -0.15) is 0 Å². The van der Waals surface area contributed by atoms with Gasteiger partial charge in [-0.15, -0.1) is 0 Å². The Balaban J connectivity index is 3.27. The molecule has 0 atom stereocenters. The van der Waals surface area contributed by atoms with Crippen LogP contribution in [0.5, 0.6) is 0 Å². The molecule has 0 saturated heterocycles. The lowest BCUT2D eigenvalue weighted by Crippen LogP contribution is -1.53. The fourth-order valence-corrected chi connectivity index (χ4v) is 0.328. The van der Waals surface area contributed by atoms with Crippen molar-refractivity contribution in [2.45, 2.75) is 0 Å². The summed E-state index contributed by atoms with van der Waals surface area (Å²) in [5.74, 6) is 0. The van der Waals surface area contributed by atoms with Gasteiger partial charge < -0.3 is 0 Å². The van der Waals surface area contributed by atoms with Gasteiger partial charge in [-0.1, -0.05) is 28.1 Å². The number of aldehydes is 1. The summed E-state index contributed by atoms with van der Waals surface area (Å²) in [4.78, 5) is 11.2. The average molecular weight is 161 g/mol. The molecule has 0 aliphatic rings. The van der Waals surface area contributed by atoms with Crippen LogP contribution in [0.3, 0.4) is 0 Å². The zero-order valence-corrected chi connectivity index (χ0v) is 5.26. The van der Waals surface area contributed by atoms with E-state index in [1.807, 2.05) is 0 Å². The zero-order chi connectivity index (χ0) is 5.54. The van der Waals surface area contributed by atoms with Crippen LogP contribution in [0.4, 0.5) is 0 Å². The van der Waals surface area contributed by atoms with Gasteiger partial charge in [0.15, 0.2) is 0 Å². The Kier molecular flexibility index (Phi) is 5.33. The van der Waals surface area contributed by atoms with E-state index in [1.165, 1.54) is 6.08 Å². The first-order chi connectivity index (χ1) is 3.41. The maximum absolute atomic E-state index is 9.54. The molecule has 0 aromatic rings. The number of carbonyl (C=O) groups is 1. The second-order valence-corrected chi connectivity index (χ2v) is 1.37. The third-order valence-electron chi connectivity index (χ3n) is 0.374. The maximum Gasteiger partial charge on any atom is 0.142 e. The van der Waals surface area contributed by atoms with E-state index in [1.54, 1.807) is 17.1 Å². The molecular weight excluding hydrogens is 156 g/mol. The number of allylic oxidation sites excluding steroid dienone is 3. The Morgan fingerprint density at radius 1 is 1.14 bits per heavy atom. The summed E-state index contributed by atoms with van der Waals surface area (Å²) in [6, 6.07) is 0. The molecule has 0 fully saturated rings. The van der Waals surface area contributed by atoms with Crippen LogP contribution in [-0.2, 0) is 4.79 Å². The van der Waals surface area contributed by atoms with Gasteiger partial charge >= 0.3 is 0 Å². The molecule has 0 aromatic carbocycles. The van der Waals surface area contributed by atoms with Crippen LogP contribution in [0.15, 0.2) is 23.2 Å². The first kappa shape index (κ1) is 6.63. The molecule has 0 amide bonds. The van der Waals surface area contributed by atoms with E-state index in [4.69, 9.17) is 0 Å². The van der Waals surface area contributed by atoms with Crippen molar-refractivity contribution in [3.63, 3.8) is 0 Å². The Morgan fingerprint density at radius 3 is 2.29 bits per heavy atom. The van der Waals surface area contributed by atoms with E-state index in [9.17, 15) is 4.79 Å². The second-order valence-electron chi connectivity index (χ2n) is 0.839. The minimum Gasteiger partial charge on any atom is -0.299 e. The molecule has 0 heterocycles. The fourth-order valence-electron chi connectivity index (χ4n) is 0.152. The topological polar surface area (TPSA) is 17.1 Å². The minimum absolute atomic E-state index is 0.729. The van der Waals surface area contributed by atoms with E-state index in [0.717, 1.165) is 6.29 Å². The molecule has 0 spiro atoms. The summed E-state index contributed by atoms with van der Waals surface area (Å²) < 4.78 is 0. The summed E-state index contributed by atoms with van der Waals surface area (Å²) >= 11 is 3.03. The molecular formula is C5H5BrO. The van der Waals surface area contributed by atoms with Crippen LogP contribution >= 0.6 is 15.9 Å². The first-order valence-corrected chi connectivity index (χ1v) is 2.70. The molecule has 0 aliphatic heterocycles. The zero-order valence-electron chi connectivity index (χ0n) is 3.67. The SMILES string of the molecule is O=C/C=C/C=C\Br. The molecule has 0 radical (unpaired) electrons. The van der Waals surface area contributed by atoms with Gasteiger partial charge in [-0.3, -0.25) is 4.79 Å². The van der Waals surface area contributed by atoms with E-state index >= 15 is 0 Å². The van der Waals surface area contributed by atoms with Gasteiger partial charge in [-0.25, -0.2) is 0 Å². The molecule has 0 aromatic heterocycles. The van der Waals surface area contributed by atoms with Gasteiger partial charge in [0, 0.05) is 0 Å². The van der Waals surface area contributed by atoms with Crippen LogP contribution in [0, 0.1) is 0 Å². The Bertz CT molecular complexity index is 94.3. The lowest BCUT2D eigenvalue weighted by molar-refractivity contribution is -0.104. The fraction of sp³-hybridized carbons (Fsp3) is 0. The molecule has 38 valence electrons. The van der Waals surface area contributed by atoms with Gasteiger partial charge in [0.2, 0.25) is 0 Å². The highest BCUT2D eigenvalue weighted by Gasteiger charge is 1.56. The van der Waals surface area contributed by atoms with Crippen molar-refractivity contribution in [1.29, 1.82) is 0 Å². The maximum atomic E-state index is 9.54. The van der Waals surface area contributed by atoms with Gasteiger partial charge in [-0.05, 0) is 11.1 Å². The van der Waals surface area contributed by atoms with E-state index < -0.39 is 0 Å². The van der Waals surface area contributed by atoms with Crippen molar-refractivity contribution >= 4 is 22.2 Å². The predicted octanol–water partition coefficient (Wildman–Crippen LogP) is 1.65. The van der Waals surface area contributed by atoms with Crippen LogP contribution in [-0.4, -0.2) is 6.29 Å². The molecule has 0 saturated carbocycles. The van der Waals surface area contributed by atoms with Crippen LogP contribution in [0.2, 0.25) is 0 Å². The number of carbonyl (C=O) groups excluding carboxylic acids is 1. The average Bonchev–Trinajstić information content (AvgIpc) is 1.69. The number of hydrogen-bond donors (Lipinski definition) is 0. The highest BCUT2D eigenvalue weighted by molar-refractivity contribution is 9.11. The summed E-state index contributed by atoms with van der Waals surface area (Å²) in [6.07, 6.45) is 5.50. The van der Waals surface area contributed by atoms with Crippen molar-refractivity contribution < 1.29 is 4.79 Å². The van der Waals surface area contributed by atoms with Gasteiger partial charge in [0.1, 0.15) is 6.29 Å². The Labute approximate surface area is 50.8 Å². The van der Waals surface area contributed by atoms with E-state index in [0.29, 0.717) is 0 Å². The summed E-state index contributed by atoms with van der Waals surface area (Å²) in [7, 11) is 0. The number of rotatable bonds is 2. The molecule has 0 rings (SSSR count). The highest BCUT2D eigenvalue weighted by atomic mass is 79.9. The normalized spacial score (nSPS) is 11.0. The van der Waals surface area contributed by atoms with Crippen molar-refractivity contribution in [3.05, 3.63) is 23.2 Å². The standard InChI is InChI=1S/C5H5BrO/c6-4-2-1-3-5-7/h1-5H/b3-1+,4-2-. The van der Waals surface area contributed by atoms with Crippen molar-refractivity contribution in [2.24, 2.45) is 0 Å². The molecule has 0 unspecified atom stereocenters. The monoisotopic (exact) mass is 160 g/mol. The quantitative estimate of drug-likeness (QED) is 0.342. The van der Waals surface area contributed by atoms with Crippen LogP contribution < -0.4 is 0 Å². The second kappa shape index (κ2) is 5.63. The Hall–Kier alpha value is -0.370. The summed E-state index contributed by atoms with van der Waals surface area (Å²) in [5, 5.41) is 0. The molecule has 0 N–H and O–H groups in total. The van der Waals surface area contributed by atoms with Gasteiger partial charge in [0.05, 0.1) is 0 Å². The molecule has 1 nitrogen and oxygen atoms in total. The van der Waals surface area contributed by atoms with E-state index in [2.05, 4.69) is 15.9 Å². The molecule has 7 heavy (non-hydrogen) atoms. The largest absolute Gasteiger partial charge is 0.299 e. The smallest absolute Gasteiger partial charge is 0.142 e. The highest BCUT2D eigenvalue weighted by Crippen LogP contribution is 1.81. The number of halogens is 1. The molecule has 2 heteroatoms. The minimum atomic E-state index is 0.729. The molecule has 0 bridgehead atoms. The first-order valence-electron chi connectivity index (χ1n) is 1.79. The predicted molar refractivity (Wildman–Crippen MR) is 33.3 cm³/mol. The summed E-state index contributed by atoms with van der Waals surface area (Å²) in [5.41, 5.74) is 0. The van der Waals surface area contributed by atoms with Crippen LogP contribution in [0.1, 0.15) is 0 Å². The van der Waals surface area contributed by atoms with Crippen molar-refractivity contribution in [2.75, 3.05) is 0 Å². The van der Waals surface area contributed by atoms with Gasteiger partial charge in [0.25, 0.3) is 0 Å². The van der Waals surface area contributed by atoms with Crippen LogP contribution in [0.25, 0.3) is 0 Å². The lowest BCUT2D eigenvalue weighted by atomic mass is 10.5. The third-order valence-corrected chi connectivity index (χ3v) is 0.679. The lowest BCUT2D eigenvalue weighted by Gasteiger charge is -1.61. The number of hydrogen-bond acceptors (Lipinski definition) is 1. The molecule has 0 aliphatic carbocycles.